The zero-order valence-corrected chi connectivity index (χ0v) is 19.5. The molecule has 1 aromatic heterocycles. The molecule has 3 N–H and O–H groups in total. The fourth-order valence-corrected chi connectivity index (χ4v) is 5.50. The lowest BCUT2D eigenvalue weighted by Gasteiger charge is -2.33. The summed E-state index contributed by atoms with van der Waals surface area (Å²) in [5, 5.41) is 4.84. The van der Waals surface area contributed by atoms with E-state index in [9.17, 15) is 8.42 Å². The van der Waals surface area contributed by atoms with Crippen LogP contribution >= 0.6 is 23.2 Å². The minimum atomic E-state index is -3.79. The highest BCUT2D eigenvalue weighted by Gasteiger charge is 2.26. The predicted octanol–water partition coefficient (Wildman–Crippen LogP) is 5.43. The molecule has 6 nitrogen and oxygen atoms in total. The first-order valence-corrected chi connectivity index (χ1v) is 12.4. The molecule has 166 valence electrons. The summed E-state index contributed by atoms with van der Waals surface area (Å²) < 4.78 is 34.2. The van der Waals surface area contributed by atoms with Crippen molar-refractivity contribution in [2.45, 2.75) is 31.1 Å². The van der Waals surface area contributed by atoms with E-state index in [2.05, 4.69) is 21.9 Å². The van der Waals surface area contributed by atoms with Crippen LogP contribution in [0.25, 0.3) is 10.9 Å². The second-order valence-electron chi connectivity index (χ2n) is 8.22. The number of aromatic nitrogens is 1. The van der Waals surface area contributed by atoms with Crippen LogP contribution in [-0.4, -0.2) is 33.1 Å². The average Bonchev–Trinajstić information content (AvgIpc) is 3.14. The first-order chi connectivity index (χ1) is 14.8. The normalized spacial score (nSPS) is 16.4. The van der Waals surface area contributed by atoms with Crippen LogP contribution in [0, 0.1) is 5.41 Å². The SMILES string of the molecule is CC1(CCOc2ccc(S(=O)(=O)Nc3ccc(Cl)c4c(Cl)c[nH]c34)cc2)CCNCC1. The third kappa shape index (κ3) is 4.95. The lowest BCUT2D eigenvalue weighted by molar-refractivity contribution is 0.166. The van der Waals surface area contributed by atoms with Crippen molar-refractivity contribution < 1.29 is 13.2 Å². The maximum absolute atomic E-state index is 12.9. The van der Waals surface area contributed by atoms with Crippen molar-refractivity contribution in [2.24, 2.45) is 5.41 Å². The van der Waals surface area contributed by atoms with Crippen LogP contribution in [0.3, 0.4) is 0 Å². The molecule has 0 spiro atoms. The van der Waals surface area contributed by atoms with Gasteiger partial charge in [0.1, 0.15) is 5.75 Å². The highest BCUT2D eigenvalue weighted by atomic mass is 35.5. The molecule has 4 rings (SSSR count). The van der Waals surface area contributed by atoms with Crippen LogP contribution in [0.5, 0.6) is 5.75 Å². The molecule has 1 aliphatic rings. The summed E-state index contributed by atoms with van der Waals surface area (Å²) in [6, 6.07) is 9.66. The number of fused-ring (bicyclic) bond motifs is 1. The lowest BCUT2D eigenvalue weighted by atomic mass is 9.78. The van der Waals surface area contributed by atoms with Gasteiger partial charge in [0, 0.05) is 11.6 Å². The van der Waals surface area contributed by atoms with Gasteiger partial charge in [0.2, 0.25) is 0 Å². The monoisotopic (exact) mass is 481 g/mol. The molecule has 2 aromatic carbocycles. The standard InChI is InChI=1S/C22H25Cl2N3O3S/c1-22(8-11-25-12-9-22)10-13-30-15-2-4-16(5-3-15)31(28,29)27-19-7-6-17(23)20-18(24)14-26-21(19)20/h2-7,14,25-27H,8-13H2,1H3. The van der Waals surface area contributed by atoms with E-state index in [1.54, 1.807) is 42.6 Å². The molecule has 9 heteroatoms. The summed E-state index contributed by atoms with van der Waals surface area (Å²) >= 11 is 12.3. The molecule has 2 heterocycles. The van der Waals surface area contributed by atoms with Crippen molar-refractivity contribution in [1.82, 2.24) is 10.3 Å². The van der Waals surface area contributed by atoms with Gasteiger partial charge < -0.3 is 15.0 Å². The number of benzene rings is 2. The highest BCUT2D eigenvalue weighted by molar-refractivity contribution is 7.92. The average molecular weight is 482 g/mol. The Morgan fingerprint density at radius 1 is 1.06 bits per heavy atom. The molecule has 3 aromatic rings. The van der Waals surface area contributed by atoms with Gasteiger partial charge in [0.05, 0.1) is 32.8 Å². The zero-order valence-electron chi connectivity index (χ0n) is 17.2. The van der Waals surface area contributed by atoms with Crippen molar-refractivity contribution in [3.05, 3.63) is 52.6 Å². The number of rotatable bonds is 7. The minimum absolute atomic E-state index is 0.144. The second-order valence-corrected chi connectivity index (χ2v) is 10.7. The van der Waals surface area contributed by atoms with E-state index in [1.165, 1.54) is 0 Å². The molecule has 0 amide bonds. The van der Waals surface area contributed by atoms with E-state index in [0.29, 0.717) is 44.4 Å². The number of hydrogen-bond donors (Lipinski definition) is 3. The Bertz CT molecular complexity index is 1170. The van der Waals surface area contributed by atoms with Crippen LogP contribution in [0.15, 0.2) is 47.5 Å². The molecule has 0 unspecified atom stereocenters. The third-order valence-corrected chi connectivity index (χ3v) is 7.89. The van der Waals surface area contributed by atoms with Gasteiger partial charge in [-0.25, -0.2) is 8.42 Å². The van der Waals surface area contributed by atoms with E-state index in [-0.39, 0.29) is 4.90 Å². The Balaban J connectivity index is 1.43. The molecular formula is C22H25Cl2N3O3S. The van der Waals surface area contributed by atoms with Gasteiger partial charge in [-0.05, 0) is 74.2 Å². The number of hydrogen-bond acceptors (Lipinski definition) is 4. The van der Waals surface area contributed by atoms with Gasteiger partial charge in [0.15, 0.2) is 0 Å². The van der Waals surface area contributed by atoms with Crippen molar-refractivity contribution in [1.29, 1.82) is 0 Å². The van der Waals surface area contributed by atoms with Crippen LogP contribution < -0.4 is 14.8 Å². The van der Waals surface area contributed by atoms with E-state index in [1.807, 2.05) is 0 Å². The first kappa shape index (κ1) is 22.3. The number of piperidine rings is 1. The topological polar surface area (TPSA) is 83.2 Å². The Labute approximate surface area is 192 Å². The first-order valence-electron chi connectivity index (χ1n) is 10.2. The van der Waals surface area contributed by atoms with Gasteiger partial charge in [-0.15, -0.1) is 0 Å². The summed E-state index contributed by atoms with van der Waals surface area (Å²) in [5.74, 6) is 0.654. The highest BCUT2D eigenvalue weighted by Crippen LogP contribution is 2.35. The van der Waals surface area contributed by atoms with Crippen molar-refractivity contribution in [2.75, 3.05) is 24.4 Å². The van der Waals surface area contributed by atoms with E-state index in [0.717, 1.165) is 32.4 Å². The Kier molecular flexibility index (Phi) is 6.40. The fourth-order valence-electron chi connectivity index (χ4n) is 3.87. The van der Waals surface area contributed by atoms with Crippen LogP contribution in [0.2, 0.25) is 10.0 Å². The van der Waals surface area contributed by atoms with Gasteiger partial charge >= 0.3 is 0 Å². The molecule has 0 bridgehead atoms. The van der Waals surface area contributed by atoms with Crippen LogP contribution in [0.1, 0.15) is 26.2 Å². The molecule has 0 radical (unpaired) electrons. The molecule has 1 aliphatic heterocycles. The van der Waals surface area contributed by atoms with E-state index in [4.69, 9.17) is 27.9 Å². The largest absolute Gasteiger partial charge is 0.494 e. The summed E-state index contributed by atoms with van der Waals surface area (Å²) in [5.41, 5.74) is 1.21. The Morgan fingerprint density at radius 3 is 2.48 bits per heavy atom. The van der Waals surface area contributed by atoms with Crippen LogP contribution in [0.4, 0.5) is 5.69 Å². The molecule has 1 fully saturated rings. The van der Waals surface area contributed by atoms with Gasteiger partial charge in [-0.2, -0.15) is 0 Å². The maximum atomic E-state index is 12.9. The van der Waals surface area contributed by atoms with Gasteiger partial charge in [-0.3, -0.25) is 4.72 Å². The Morgan fingerprint density at radius 2 is 1.77 bits per heavy atom. The van der Waals surface area contributed by atoms with Crippen molar-refractivity contribution in [3.63, 3.8) is 0 Å². The van der Waals surface area contributed by atoms with E-state index >= 15 is 0 Å². The number of nitrogens with one attached hydrogen (secondary N) is 3. The van der Waals surface area contributed by atoms with Crippen molar-refractivity contribution in [3.8, 4) is 5.75 Å². The number of anilines is 1. The van der Waals surface area contributed by atoms with Crippen LogP contribution in [-0.2, 0) is 10.0 Å². The smallest absolute Gasteiger partial charge is 0.261 e. The van der Waals surface area contributed by atoms with Gasteiger partial charge in [0.25, 0.3) is 10.0 Å². The van der Waals surface area contributed by atoms with Crippen molar-refractivity contribution >= 4 is 49.8 Å². The van der Waals surface area contributed by atoms with E-state index < -0.39 is 10.0 Å². The lowest BCUT2D eigenvalue weighted by Crippen LogP contribution is -2.35. The molecule has 31 heavy (non-hydrogen) atoms. The minimum Gasteiger partial charge on any atom is -0.494 e. The number of halogens is 2. The summed E-state index contributed by atoms with van der Waals surface area (Å²) in [7, 11) is -3.79. The molecular weight excluding hydrogens is 457 g/mol. The maximum Gasteiger partial charge on any atom is 0.261 e. The number of aromatic amines is 1. The third-order valence-electron chi connectivity index (χ3n) is 5.90. The predicted molar refractivity (Wildman–Crippen MR) is 126 cm³/mol. The molecule has 0 saturated carbocycles. The number of H-pyrrole nitrogens is 1. The summed E-state index contributed by atoms with van der Waals surface area (Å²) in [4.78, 5) is 3.11. The molecule has 0 aliphatic carbocycles. The quantitative estimate of drug-likeness (QED) is 0.419. The summed E-state index contributed by atoms with van der Waals surface area (Å²) in [6.45, 7) is 5.00. The molecule has 0 atom stereocenters. The summed E-state index contributed by atoms with van der Waals surface area (Å²) in [6.07, 6.45) is 4.83. The Hall–Kier alpha value is -1.93. The second kappa shape index (κ2) is 8.90. The van der Waals surface area contributed by atoms with Gasteiger partial charge in [-0.1, -0.05) is 30.1 Å². The number of sulfonamides is 1. The fraction of sp³-hybridized carbons (Fsp3) is 0.364. The number of ether oxygens (including phenoxy) is 1. The molecule has 1 saturated heterocycles. The zero-order chi connectivity index (χ0) is 22.1.